The molecule has 0 aliphatic rings. The van der Waals surface area contributed by atoms with Crippen molar-refractivity contribution in [1.82, 2.24) is 5.32 Å². The van der Waals surface area contributed by atoms with Crippen LogP contribution in [-0.4, -0.2) is 38.2 Å². The van der Waals surface area contributed by atoms with E-state index in [2.05, 4.69) is 5.32 Å². The molecule has 27 heavy (non-hydrogen) atoms. The van der Waals surface area contributed by atoms with Gasteiger partial charge in [0.25, 0.3) is 5.91 Å². The number of hydrogen-bond donors (Lipinski definition) is 1. The zero-order chi connectivity index (χ0) is 19.6. The summed E-state index contributed by atoms with van der Waals surface area (Å²) in [6, 6.07) is 13.4. The summed E-state index contributed by atoms with van der Waals surface area (Å²) in [5.41, 5.74) is 0.895. The first-order chi connectivity index (χ1) is 13.0. The van der Waals surface area contributed by atoms with Gasteiger partial charge < -0.3 is 14.8 Å². The lowest BCUT2D eigenvalue weighted by Crippen LogP contribution is -2.37. The van der Waals surface area contributed by atoms with Crippen molar-refractivity contribution in [2.45, 2.75) is 23.7 Å². The fourth-order valence-corrected chi connectivity index (χ4v) is 3.26. The van der Waals surface area contributed by atoms with Crippen molar-refractivity contribution in [3.63, 3.8) is 0 Å². The molecule has 0 aliphatic heterocycles. The highest BCUT2D eigenvalue weighted by Gasteiger charge is 2.20. The number of amides is 1. The smallest absolute Gasteiger partial charge is 0.340 e. The van der Waals surface area contributed by atoms with Gasteiger partial charge in [-0.25, -0.2) is 9.18 Å². The maximum absolute atomic E-state index is 13.8. The van der Waals surface area contributed by atoms with Crippen molar-refractivity contribution >= 4 is 23.6 Å². The zero-order valence-corrected chi connectivity index (χ0v) is 16.1. The Morgan fingerprint density at radius 1 is 1.15 bits per heavy atom. The molecule has 2 aromatic rings. The molecule has 5 nitrogen and oxygen atoms in total. The highest BCUT2D eigenvalue weighted by atomic mass is 32.2. The number of carbonyl (C=O) groups excluding carboxylic acids is 2. The van der Waals surface area contributed by atoms with Crippen molar-refractivity contribution < 1.29 is 23.5 Å². The lowest BCUT2D eigenvalue weighted by Gasteiger charge is -2.15. The lowest BCUT2D eigenvalue weighted by molar-refractivity contribution is -0.129. The Bertz CT molecular complexity index is 784. The summed E-state index contributed by atoms with van der Waals surface area (Å²) in [4.78, 5) is 25.1. The van der Waals surface area contributed by atoms with Crippen LogP contribution in [0.2, 0.25) is 0 Å². The predicted octanol–water partition coefficient (Wildman–Crippen LogP) is 3.43. The molecule has 2 aromatic carbocycles. The molecule has 0 saturated heterocycles. The highest BCUT2D eigenvalue weighted by Crippen LogP contribution is 2.28. The first-order valence-electron chi connectivity index (χ1n) is 8.45. The normalized spacial score (nSPS) is 11.7. The number of halogens is 1. The number of benzene rings is 2. The van der Waals surface area contributed by atoms with Crippen LogP contribution in [-0.2, 0) is 20.0 Å². The minimum absolute atomic E-state index is 0.286. The van der Waals surface area contributed by atoms with E-state index in [9.17, 15) is 14.0 Å². The zero-order valence-electron chi connectivity index (χ0n) is 15.2. The number of hydrogen-bond acceptors (Lipinski definition) is 5. The Morgan fingerprint density at radius 3 is 2.59 bits per heavy atom. The molecular weight excluding hydrogens is 369 g/mol. The van der Waals surface area contributed by atoms with Crippen molar-refractivity contribution in [3.05, 3.63) is 65.5 Å². The van der Waals surface area contributed by atoms with Crippen LogP contribution in [0.1, 0.15) is 22.8 Å². The molecular formula is C20H22FNO4S. The Morgan fingerprint density at radius 2 is 1.85 bits per heavy atom. The van der Waals surface area contributed by atoms with E-state index < -0.39 is 18.0 Å². The third-order valence-corrected chi connectivity index (χ3v) is 4.83. The number of esters is 1. The summed E-state index contributed by atoms with van der Waals surface area (Å²) in [6.07, 6.45) is -0.931. The van der Waals surface area contributed by atoms with Crippen LogP contribution >= 0.6 is 11.8 Å². The van der Waals surface area contributed by atoms with Gasteiger partial charge in [0.15, 0.2) is 6.10 Å². The molecule has 1 atom stereocenters. The second kappa shape index (κ2) is 10.7. The molecule has 0 aliphatic carbocycles. The molecule has 0 saturated carbocycles. The van der Waals surface area contributed by atoms with E-state index in [0.29, 0.717) is 34.9 Å². The molecule has 1 N–H and O–H groups in total. The van der Waals surface area contributed by atoms with E-state index in [-0.39, 0.29) is 5.82 Å². The Kier molecular flexibility index (Phi) is 8.29. The molecule has 0 fully saturated rings. The van der Waals surface area contributed by atoms with Crippen LogP contribution in [0.25, 0.3) is 0 Å². The van der Waals surface area contributed by atoms with Crippen LogP contribution in [0.3, 0.4) is 0 Å². The van der Waals surface area contributed by atoms with Gasteiger partial charge in [0.05, 0.1) is 12.2 Å². The summed E-state index contributed by atoms with van der Waals surface area (Å²) in [7, 11) is 1.53. The molecule has 0 aromatic heterocycles. The largest absolute Gasteiger partial charge is 0.449 e. The van der Waals surface area contributed by atoms with Gasteiger partial charge in [0, 0.05) is 24.3 Å². The van der Waals surface area contributed by atoms with E-state index in [1.54, 1.807) is 42.5 Å². The van der Waals surface area contributed by atoms with Crippen LogP contribution in [0, 0.1) is 5.82 Å². The van der Waals surface area contributed by atoms with Gasteiger partial charge in [-0.1, -0.05) is 30.3 Å². The summed E-state index contributed by atoms with van der Waals surface area (Å²) >= 11 is 1.34. The van der Waals surface area contributed by atoms with E-state index in [0.717, 1.165) is 0 Å². The maximum Gasteiger partial charge on any atom is 0.340 e. The van der Waals surface area contributed by atoms with Gasteiger partial charge in [0.2, 0.25) is 0 Å². The molecule has 0 unspecified atom stereocenters. The fourth-order valence-electron chi connectivity index (χ4n) is 2.23. The standard InChI is InChI=1S/C20H22FNO4S/c1-14(19(23)22-11-12-25-2)26-20(24)16-8-4-6-10-18(16)27-13-15-7-3-5-9-17(15)21/h3-10,14H,11-13H2,1-2H3,(H,22,23)/t14-/m0/s1. The van der Waals surface area contributed by atoms with E-state index in [1.807, 2.05) is 0 Å². The second-order valence-electron chi connectivity index (χ2n) is 5.71. The van der Waals surface area contributed by atoms with Crippen molar-refractivity contribution in [2.75, 3.05) is 20.3 Å². The fraction of sp³-hybridized carbons (Fsp3) is 0.300. The lowest BCUT2D eigenvalue weighted by atomic mass is 10.2. The molecule has 0 radical (unpaired) electrons. The maximum atomic E-state index is 13.8. The number of carbonyl (C=O) groups is 2. The second-order valence-corrected chi connectivity index (χ2v) is 6.72. The number of methoxy groups -OCH3 is 1. The summed E-state index contributed by atoms with van der Waals surface area (Å²) in [6.45, 7) is 2.23. The Labute approximate surface area is 162 Å². The highest BCUT2D eigenvalue weighted by molar-refractivity contribution is 7.98. The molecule has 1 amide bonds. The van der Waals surface area contributed by atoms with Crippen molar-refractivity contribution in [2.24, 2.45) is 0 Å². The van der Waals surface area contributed by atoms with E-state index in [4.69, 9.17) is 9.47 Å². The van der Waals surface area contributed by atoms with Gasteiger partial charge in [-0.05, 0) is 30.7 Å². The Balaban J connectivity index is 2.00. The third kappa shape index (κ3) is 6.37. The molecule has 2 rings (SSSR count). The molecule has 0 spiro atoms. The van der Waals surface area contributed by atoms with Crippen LogP contribution in [0.4, 0.5) is 4.39 Å². The number of rotatable bonds is 9. The summed E-state index contributed by atoms with van der Waals surface area (Å²) in [5.74, 6) is -0.895. The predicted molar refractivity (Wildman–Crippen MR) is 102 cm³/mol. The van der Waals surface area contributed by atoms with Gasteiger partial charge in [-0.3, -0.25) is 4.79 Å². The van der Waals surface area contributed by atoms with Gasteiger partial charge in [0.1, 0.15) is 5.82 Å². The topological polar surface area (TPSA) is 64.6 Å². The average molecular weight is 391 g/mol. The third-order valence-electron chi connectivity index (χ3n) is 3.71. The summed E-state index contributed by atoms with van der Waals surface area (Å²) < 4.78 is 23.9. The van der Waals surface area contributed by atoms with Crippen LogP contribution < -0.4 is 5.32 Å². The summed E-state index contributed by atoms with van der Waals surface area (Å²) in [5, 5.41) is 2.62. The number of thioether (sulfide) groups is 1. The van der Waals surface area contributed by atoms with Crippen molar-refractivity contribution in [1.29, 1.82) is 0 Å². The van der Waals surface area contributed by atoms with E-state index >= 15 is 0 Å². The SMILES string of the molecule is COCCNC(=O)[C@H](C)OC(=O)c1ccccc1SCc1ccccc1F. The quantitative estimate of drug-likeness (QED) is 0.403. The van der Waals surface area contributed by atoms with Crippen molar-refractivity contribution in [3.8, 4) is 0 Å². The van der Waals surface area contributed by atoms with Gasteiger partial charge in [-0.2, -0.15) is 0 Å². The average Bonchev–Trinajstić information content (AvgIpc) is 2.67. The molecule has 0 bridgehead atoms. The van der Waals surface area contributed by atoms with Crippen LogP contribution in [0.5, 0.6) is 0 Å². The molecule has 144 valence electrons. The number of ether oxygens (including phenoxy) is 2. The first kappa shape index (κ1) is 20.9. The minimum atomic E-state index is -0.931. The van der Waals surface area contributed by atoms with Gasteiger partial charge >= 0.3 is 5.97 Å². The Hall–Kier alpha value is -2.38. The molecule has 7 heteroatoms. The van der Waals surface area contributed by atoms with Crippen LogP contribution in [0.15, 0.2) is 53.4 Å². The van der Waals surface area contributed by atoms with Gasteiger partial charge in [-0.15, -0.1) is 11.8 Å². The first-order valence-corrected chi connectivity index (χ1v) is 9.44. The molecule has 0 heterocycles. The number of nitrogens with one attached hydrogen (secondary N) is 1. The monoisotopic (exact) mass is 391 g/mol. The minimum Gasteiger partial charge on any atom is -0.449 e. The van der Waals surface area contributed by atoms with E-state index in [1.165, 1.54) is 31.9 Å².